The molecular weight excluding hydrogens is 235 g/mol. The maximum absolute atomic E-state index is 10.7. The lowest BCUT2D eigenvalue weighted by Gasteiger charge is -2.00. The summed E-state index contributed by atoms with van der Waals surface area (Å²) in [6.45, 7) is 0. The van der Waals surface area contributed by atoms with Crippen molar-refractivity contribution in [2.45, 2.75) is 0 Å². The molecule has 0 unspecified atom stereocenters. The van der Waals surface area contributed by atoms with E-state index in [-0.39, 0.29) is 5.76 Å². The van der Waals surface area contributed by atoms with Crippen molar-refractivity contribution in [3.63, 3.8) is 0 Å². The zero-order chi connectivity index (χ0) is 10.8. The molecule has 0 bridgehead atoms. The highest BCUT2D eigenvalue weighted by molar-refractivity contribution is 6.42. The van der Waals surface area contributed by atoms with E-state index in [1.165, 1.54) is 6.26 Å². The molecule has 0 amide bonds. The molecule has 0 atom stereocenters. The number of rotatable bonds is 2. The zero-order valence-electron chi connectivity index (χ0n) is 7.54. The van der Waals surface area contributed by atoms with Crippen LogP contribution in [0.4, 0.5) is 0 Å². The van der Waals surface area contributed by atoms with Gasteiger partial charge in [-0.25, -0.2) is 0 Å². The molecule has 2 aromatic rings. The highest BCUT2D eigenvalue weighted by Gasteiger charge is 2.08. The number of hydrogen-bond acceptors (Lipinski definition) is 2. The van der Waals surface area contributed by atoms with E-state index >= 15 is 0 Å². The van der Waals surface area contributed by atoms with Gasteiger partial charge in [0.1, 0.15) is 0 Å². The second-order valence-electron chi connectivity index (χ2n) is 2.95. The Morgan fingerprint density at radius 1 is 1.13 bits per heavy atom. The van der Waals surface area contributed by atoms with E-state index in [0.29, 0.717) is 21.9 Å². The van der Waals surface area contributed by atoms with Gasteiger partial charge < -0.3 is 4.42 Å². The summed E-state index contributed by atoms with van der Waals surface area (Å²) in [5.74, 6) is 0.286. The third-order valence-electron chi connectivity index (χ3n) is 2.03. The monoisotopic (exact) mass is 240 g/mol. The van der Waals surface area contributed by atoms with Gasteiger partial charge in [-0.3, -0.25) is 4.79 Å². The minimum Gasteiger partial charge on any atom is -0.461 e. The van der Waals surface area contributed by atoms with E-state index in [0.717, 1.165) is 5.56 Å². The minimum absolute atomic E-state index is 0.286. The van der Waals surface area contributed by atoms with Gasteiger partial charge in [-0.2, -0.15) is 0 Å². The van der Waals surface area contributed by atoms with E-state index in [9.17, 15) is 4.79 Å². The molecule has 4 heteroatoms. The van der Waals surface area contributed by atoms with Crippen LogP contribution in [-0.4, -0.2) is 6.29 Å². The Morgan fingerprint density at radius 2 is 1.93 bits per heavy atom. The summed E-state index contributed by atoms with van der Waals surface area (Å²) in [6, 6.07) is 6.87. The van der Waals surface area contributed by atoms with Gasteiger partial charge in [0.15, 0.2) is 12.0 Å². The molecule has 2 nitrogen and oxygen atoms in total. The Hall–Kier alpha value is -1.25. The molecule has 0 aliphatic rings. The lowest BCUT2D eigenvalue weighted by molar-refractivity contribution is 0.110. The van der Waals surface area contributed by atoms with Crippen LogP contribution in [0, 0.1) is 0 Å². The Kier molecular flexibility index (Phi) is 2.80. The smallest absolute Gasteiger partial charge is 0.185 e. The molecular formula is C11H6Cl2O2. The SMILES string of the molecule is O=Cc1occc1-c1ccc(Cl)c(Cl)c1. The lowest BCUT2D eigenvalue weighted by Crippen LogP contribution is -1.81. The van der Waals surface area contributed by atoms with Crippen LogP contribution in [0.25, 0.3) is 11.1 Å². The first-order valence-corrected chi connectivity index (χ1v) is 4.96. The average Bonchev–Trinajstić information content (AvgIpc) is 2.70. The Balaban J connectivity index is 2.54. The van der Waals surface area contributed by atoms with Crippen molar-refractivity contribution in [1.82, 2.24) is 0 Å². The van der Waals surface area contributed by atoms with Gasteiger partial charge in [-0.05, 0) is 23.8 Å². The van der Waals surface area contributed by atoms with Crippen LogP contribution in [0.3, 0.4) is 0 Å². The number of halogens is 2. The predicted molar refractivity (Wildman–Crippen MR) is 59.6 cm³/mol. The summed E-state index contributed by atoms with van der Waals surface area (Å²) >= 11 is 11.7. The predicted octanol–water partition coefficient (Wildman–Crippen LogP) is 4.07. The highest BCUT2D eigenvalue weighted by atomic mass is 35.5. The summed E-state index contributed by atoms with van der Waals surface area (Å²) in [5, 5.41) is 0.934. The second kappa shape index (κ2) is 4.09. The lowest BCUT2D eigenvalue weighted by atomic mass is 10.1. The highest BCUT2D eigenvalue weighted by Crippen LogP contribution is 2.30. The molecule has 0 N–H and O–H groups in total. The maximum Gasteiger partial charge on any atom is 0.185 e. The number of carbonyl (C=O) groups is 1. The summed E-state index contributed by atoms with van der Waals surface area (Å²) in [6.07, 6.45) is 2.12. The van der Waals surface area contributed by atoms with Crippen molar-refractivity contribution >= 4 is 29.5 Å². The fourth-order valence-electron chi connectivity index (χ4n) is 1.31. The fourth-order valence-corrected chi connectivity index (χ4v) is 1.61. The van der Waals surface area contributed by atoms with Gasteiger partial charge in [0.05, 0.1) is 16.3 Å². The van der Waals surface area contributed by atoms with Crippen molar-refractivity contribution in [3.8, 4) is 11.1 Å². The molecule has 0 aliphatic heterocycles. The molecule has 0 saturated heterocycles. The van der Waals surface area contributed by atoms with E-state index in [4.69, 9.17) is 27.6 Å². The van der Waals surface area contributed by atoms with Crippen molar-refractivity contribution in [2.24, 2.45) is 0 Å². The first-order valence-electron chi connectivity index (χ1n) is 4.20. The van der Waals surface area contributed by atoms with Gasteiger partial charge in [0.25, 0.3) is 0 Å². The Labute approximate surface area is 96.4 Å². The molecule has 76 valence electrons. The largest absolute Gasteiger partial charge is 0.461 e. The molecule has 0 aliphatic carbocycles. The molecule has 1 aromatic carbocycles. The van der Waals surface area contributed by atoms with E-state index in [1.807, 2.05) is 0 Å². The maximum atomic E-state index is 10.7. The number of carbonyl (C=O) groups excluding carboxylic acids is 1. The van der Waals surface area contributed by atoms with Crippen molar-refractivity contribution in [2.75, 3.05) is 0 Å². The summed E-state index contributed by atoms with van der Waals surface area (Å²) < 4.78 is 4.99. The first-order chi connectivity index (χ1) is 7.22. The van der Waals surface area contributed by atoms with Gasteiger partial charge in [-0.15, -0.1) is 0 Å². The molecule has 0 spiro atoms. The summed E-state index contributed by atoms with van der Waals surface area (Å²) in [4.78, 5) is 10.7. The normalized spacial score (nSPS) is 10.3. The first kappa shape index (κ1) is 10.3. The number of aldehydes is 1. The topological polar surface area (TPSA) is 30.2 Å². The molecule has 0 saturated carbocycles. The van der Waals surface area contributed by atoms with Gasteiger partial charge >= 0.3 is 0 Å². The van der Waals surface area contributed by atoms with E-state index in [2.05, 4.69) is 0 Å². The summed E-state index contributed by atoms with van der Waals surface area (Å²) in [5.41, 5.74) is 1.52. The van der Waals surface area contributed by atoms with Crippen LogP contribution < -0.4 is 0 Å². The van der Waals surface area contributed by atoms with Crippen LogP contribution in [0.2, 0.25) is 10.0 Å². The van der Waals surface area contributed by atoms with E-state index in [1.54, 1.807) is 24.3 Å². The average molecular weight is 241 g/mol. The van der Waals surface area contributed by atoms with Gasteiger partial charge in [0, 0.05) is 5.56 Å². The van der Waals surface area contributed by atoms with Crippen LogP contribution in [0.15, 0.2) is 34.9 Å². The number of benzene rings is 1. The van der Waals surface area contributed by atoms with Crippen molar-refractivity contribution in [1.29, 1.82) is 0 Å². The molecule has 2 rings (SSSR count). The van der Waals surface area contributed by atoms with Crippen molar-refractivity contribution in [3.05, 3.63) is 46.3 Å². The third kappa shape index (κ3) is 1.91. The Morgan fingerprint density at radius 3 is 2.60 bits per heavy atom. The molecule has 0 radical (unpaired) electrons. The van der Waals surface area contributed by atoms with Crippen molar-refractivity contribution < 1.29 is 9.21 Å². The van der Waals surface area contributed by atoms with E-state index < -0.39 is 0 Å². The minimum atomic E-state index is 0.286. The van der Waals surface area contributed by atoms with Crippen LogP contribution in [0.5, 0.6) is 0 Å². The molecule has 0 fully saturated rings. The quantitative estimate of drug-likeness (QED) is 0.742. The molecule has 15 heavy (non-hydrogen) atoms. The van der Waals surface area contributed by atoms with Gasteiger partial charge in [-0.1, -0.05) is 29.3 Å². The summed E-state index contributed by atoms with van der Waals surface area (Å²) in [7, 11) is 0. The standard InChI is InChI=1S/C11H6Cl2O2/c12-9-2-1-7(5-10(9)13)8-3-4-15-11(8)6-14/h1-6H. The fraction of sp³-hybridized carbons (Fsp3) is 0. The van der Waals surface area contributed by atoms with Crippen LogP contribution in [0.1, 0.15) is 10.6 Å². The second-order valence-corrected chi connectivity index (χ2v) is 3.76. The molecule has 1 heterocycles. The van der Waals surface area contributed by atoms with Crippen LogP contribution >= 0.6 is 23.2 Å². The number of hydrogen-bond donors (Lipinski definition) is 0. The molecule has 1 aromatic heterocycles. The number of furan rings is 1. The third-order valence-corrected chi connectivity index (χ3v) is 2.77. The Bertz CT molecular complexity index is 503. The zero-order valence-corrected chi connectivity index (χ0v) is 9.05. The van der Waals surface area contributed by atoms with Crippen LogP contribution in [-0.2, 0) is 0 Å². The van der Waals surface area contributed by atoms with Gasteiger partial charge in [0.2, 0.25) is 0 Å².